The minimum Gasteiger partial charge on any atom is -0.489 e. The molecular weight excluding hydrogens is 364 g/mol. The lowest BCUT2D eigenvalue weighted by Gasteiger charge is -2.18. The van der Waals surface area contributed by atoms with E-state index in [4.69, 9.17) is 4.74 Å². The van der Waals surface area contributed by atoms with Crippen LogP contribution in [0, 0.1) is 12.8 Å². The van der Waals surface area contributed by atoms with Gasteiger partial charge >= 0.3 is 0 Å². The third-order valence-corrected chi connectivity index (χ3v) is 4.31. The number of rotatable bonds is 8. The summed E-state index contributed by atoms with van der Waals surface area (Å²) in [5.41, 5.74) is 3.08. The van der Waals surface area contributed by atoms with Crippen molar-refractivity contribution in [3.05, 3.63) is 59.7 Å². The maximum absolute atomic E-state index is 11.8. The molecule has 0 aliphatic rings. The van der Waals surface area contributed by atoms with Gasteiger partial charge in [0.05, 0.1) is 6.54 Å². The van der Waals surface area contributed by atoms with Crippen LogP contribution in [0.5, 0.6) is 5.75 Å². The van der Waals surface area contributed by atoms with E-state index in [9.17, 15) is 4.79 Å². The predicted octanol–water partition coefficient (Wildman–Crippen LogP) is 3.72. The topological polar surface area (TPSA) is 74.8 Å². The summed E-state index contributed by atoms with van der Waals surface area (Å²) in [4.78, 5) is 16.0. The van der Waals surface area contributed by atoms with Crippen molar-refractivity contribution in [3.8, 4) is 5.75 Å². The average Bonchev–Trinajstić information content (AvgIpc) is 2.69. The Labute approximate surface area is 173 Å². The molecule has 0 saturated heterocycles. The molecule has 2 aromatic rings. The van der Waals surface area contributed by atoms with Gasteiger partial charge in [-0.25, -0.2) is 0 Å². The molecular formula is C23H32N4O2. The highest BCUT2D eigenvalue weighted by molar-refractivity contribution is 5.92. The lowest BCUT2D eigenvalue weighted by Crippen LogP contribution is -2.41. The summed E-state index contributed by atoms with van der Waals surface area (Å²) < 4.78 is 5.93. The van der Waals surface area contributed by atoms with Crippen LogP contribution in [0.15, 0.2) is 53.5 Å². The van der Waals surface area contributed by atoms with Crippen LogP contribution in [-0.4, -0.2) is 31.6 Å². The molecule has 0 fully saturated rings. The first kappa shape index (κ1) is 22.3. The second-order valence-corrected chi connectivity index (χ2v) is 7.39. The molecule has 6 nitrogen and oxygen atoms in total. The van der Waals surface area contributed by atoms with Crippen molar-refractivity contribution in [2.45, 2.75) is 40.3 Å². The lowest BCUT2D eigenvalue weighted by atomic mass is 10.1. The highest BCUT2D eigenvalue weighted by Crippen LogP contribution is 2.14. The fourth-order valence-corrected chi connectivity index (χ4v) is 2.60. The number of nitrogens with one attached hydrogen (secondary N) is 3. The summed E-state index contributed by atoms with van der Waals surface area (Å²) in [6, 6.07) is 15.8. The van der Waals surface area contributed by atoms with Crippen LogP contribution in [0.25, 0.3) is 0 Å². The first-order valence-corrected chi connectivity index (χ1v) is 9.95. The van der Waals surface area contributed by atoms with Gasteiger partial charge < -0.3 is 20.7 Å². The predicted molar refractivity (Wildman–Crippen MR) is 119 cm³/mol. The van der Waals surface area contributed by atoms with Crippen molar-refractivity contribution < 1.29 is 9.53 Å². The van der Waals surface area contributed by atoms with Gasteiger partial charge in [0.2, 0.25) is 5.91 Å². The number of hydrogen-bond acceptors (Lipinski definition) is 3. The zero-order valence-electron chi connectivity index (χ0n) is 18.0. The maximum Gasteiger partial charge on any atom is 0.226 e. The largest absolute Gasteiger partial charge is 0.489 e. The second-order valence-electron chi connectivity index (χ2n) is 7.39. The monoisotopic (exact) mass is 396 g/mol. The minimum absolute atomic E-state index is 0.000739. The van der Waals surface area contributed by atoms with E-state index in [0.717, 1.165) is 17.0 Å². The standard InChI is InChI=1S/C23H32N4O2/c1-16(2)22(28)27-20-11-9-19(10-12-20)15-26-23(24-5)25-14-18(4)29-21-8-6-7-17(3)13-21/h6-13,16,18H,14-15H2,1-5H3,(H,27,28)(H2,24,25,26). The number of aliphatic imine (C=N–C) groups is 1. The smallest absolute Gasteiger partial charge is 0.226 e. The van der Waals surface area contributed by atoms with Crippen LogP contribution in [0.4, 0.5) is 5.69 Å². The Kier molecular flexibility index (Phi) is 8.52. The first-order chi connectivity index (χ1) is 13.9. The summed E-state index contributed by atoms with van der Waals surface area (Å²) in [6.07, 6.45) is -0.000739. The third-order valence-electron chi connectivity index (χ3n) is 4.31. The molecule has 0 aromatic heterocycles. The second kappa shape index (κ2) is 11.1. The van der Waals surface area contributed by atoms with Crippen LogP contribution in [0.2, 0.25) is 0 Å². The van der Waals surface area contributed by atoms with Crippen LogP contribution >= 0.6 is 0 Å². The van der Waals surface area contributed by atoms with E-state index < -0.39 is 0 Å². The van der Waals surface area contributed by atoms with Crippen molar-refractivity contribution >= 4 is 17.6 Å². The Morgan fingerprint density at radius 2 is 1.79 bits per heavy atom. The number of carbonyl (C=O) groups excluding carboxylic acids is 1. The van der Waals surface area contributed by atoms with Gasteiger partial charge in [0, 0.05) is 25.2 Å². The van der Waals surface area contributed by atoms with Crippen LogP contribution in [-0.2, 0) is 11.3 Å². The summed E-state index contributed by atoms with van der Waals surface area (Å²) >= 11 is 0. The number of anilines is 1. The fourth-order valence-electron chi connectivity index (χ4n) is 2.60. The molecule has 0 spiro atoms. The van der Waals surface area contributed by atoms with Gasteiger partial charge in [-0.1, -0.05) is 38.1 Å². The van der Waals surface area contributed by atoms with Gasteiger partial charge in [0.1, 0.15) is 11.9 Å². The number of aryl methyl sites for hydroxylation is 1. The number of nitrogens with zero attached hydrogens (tertiary/aromatic N) is 1. The molecule has 1 unspecified atom stereocenters. The Morgan fingerprint density at radius 1 is 1.07 bits per heavy atom. The van der Waals surface area contributed by atoms with E-state index >= 15 is 0 Å². The lowest BCUT2D eigenvalue weighted by molar-refractivity contribution is -0.118. The summed E-state index contributed by atoms with van der Waals surface area (Å²) in [5, 5.41) is 9.46. The highest BCUT2D eigenvalue weighted by atomic mass is 16.5. The van der Waals surface area contributed by atoms with Crippen LogP contribution in [0.1, 0.15) is 31.9 Å². The quantitative estimate of drug-likeness (QED) is 0.470. The molecule has 0 aliphatic heterocycles. The van der Waals surface area contributed by atoms with Crippen molar-refractivity contribution in [2.75, 3.05) is 18.9 Å². The normalized spacial score (nSPS) is 12.4. The minimum atomic E-state index is -0.0389. The van der Waals surface area contributed by atoms with Crippen molar-refractivity contribution in [2.24, 2.45) is 10.9 Å². The van der Waals surface area contributed by atoms with Crippen molar-refractivity contribution in [1.29, 1.82) is 0 Å². The molecule has 6 heteroatoms. The molecule has 0 bridgehead atoms. The number of amides is 1. The third kappa shape index (κ3) is 7.86. The SMILES string of the molecule is CN=C(NCc1ccc(NC(=O)C(C)C)cc1)NCC(C)Oc1cccc(C)c1. The Hall–Kier alpha value is -3.02. The zero-order chi connectivity index (χ0) is 21.2. The average molecular weight is 397 g/mol. The Morgan fingerprint density at radius 3 is 2.41 bits per heavy atom. The summed E-state index contributed by atoms with van der Waals surface area (Å²) in [6.45, 7) is 9.08. The molecule has 2 rings (SSSR count). The summed E-state index contributed by atoms with van der Waals surface area (Å²) in [7, 11) is 1.74. The zero-order valence-corrected chi connectivity index (χ0v) is 18.0. The molecule has 3 N–H and O–H groups in total. The van der Waals surface area contributed by atoms with Crippen molar-refractivity contribution in [3.63, 3.8) is 0 Å². The van der Waals surface area contributed by atoms with E-state index in [0.29, 0.717) is 19.0 Å². The van der Waals surface area contributed by atoms with Crippen molar-refractivity contribution in [1.82, 2.24) is 10.6 Å². The van der Waals surface area contributed by atoms with Gasteiger partial charge in [-0.15, -0.1) is 0 Å². The molecule has 0 aliphatic carbocycles. The molecule has 1 amide bonds. The van der Waals surface area contributed by atoms with E-state index in [2.05, 4.69) is 20.9 Å². The fraction of sp³-hybridized carbons (Fsp3) is 0.391. The van der Waals surface area contributed by atoms with E-state index in [-0.39, 0.29) is 17.9 Å². The van der Waals surface area contributed by atoms with E-state index in [1.807, 2.05) is 76.2 Å². The summed E-state index contributed by atoms with van der Waals surface area (Å²) in [5.74, 6) is 1.55. The van der Waals surface area contributed by atoms with Crippen LogP contribution in [0.3, 0.4) is 0 Å². The molecule has 156 valence electrons. The molecule has 0 radical (unpaired) electrons. The number of benzene rings is 2. The molecule has 1 atom stereocenters. The number of hydrogen-bond donors (Lipinski definition) is 3. The van der Waals surface area contributed by atoms with E-state index in [1.165, 1.54) is 5.56 Å². The van der Waals surface area contributed by atoms with Gasteiger partial charge in [-0.05, 0) is 49.2 Å². The van der Waals surface area contributed by atoms with Gasteiger partial charge in [-0.2, -0.15) is 0 Å². The van der Waals surface area contributed by atoms with Gasteiger partial charge in [-0.3, -0.25) is 9.79 Å². The first-order valence-electron chi connectivity index (χ1n) is 9.95. The van der Waals surface area contributed by atoms with Gasteiger partial charge in [0.25, 0.3) is 0 Å². The Bertz CT molecular complexity index is 816. The maximum atomic E-state index is 11.8. The van der Waals surface area contributed by atoms with Crippen LogP contribution < -0.4 is 20.7 Å². The Balaban J connectivity index is 1.77. The number of carbonyl (C=O) groups is 1. The molecule has 0 saturated carbocycles. The number of guanidine groups is 1. The van der Waals surface area contributed by atoms with E-state index in [1.54, 1.807) is 7.05 Å². The molecule has 2 aromatic carbocycles. The molecule has 0 heterocycles. The number of ether oxygens (including phenoxy) is 1. The molecule has 29 heavy (non-hydrogen) atoms. The highest BCUT2D eigenvalue weighted by Gasteiger charge is 2.08. The van der Waals surface area contributed by atoms with Gasteiger partial charge in [0.15, 0.2) is 5.96 Å².